The molecule has 0 bridgehead atoms. The Labute approximate surface area is 193 Å². The largest absolute Gasteiger partial charge is 0.511 e. The van der Waals surface area contributed by atoms with E-state index in [0.29, 0.717) is 45.2 Å². The molecule has 2 N–H and O–H groups in total. The highest BCUT2D eigenvalue weighted by molar-refractivity contribution is 6.19. The van der Waals surface area contributed by atoms with Gasteiger partial charge in [-0.1, -0.05) is 24.3 Å². The Morgan fingerprint density at radius 1 is 1.12 bits per heavy atom. The summed E-state index contributed by atoms with van der Waals surface area (Å²) in [6.45, 7) is 3.52. The van der Waals surface area contributed by atoms with E-state index in [9.17, 15) is 9.90 Å². The number of aromatic nitrogens is 2. The number of ether oxygens (including phenoxy) is 2. The smallest absolute Gasteiger partial charge is 0.258 e. The summed E-state index contributed by atoms with van der Waals surface area (Å²) in [7, 11) is 4.02. The molecule has 0 saturated carbocycles. The van der Waals surface area contributed by atoms with Crippen molar-refractivity contribution >= 4 is 22.5 Å². The van der Waals surface area contributed by atoms with E-state index in [1.165, 1.54) is 0 Å². The Bertz CT molecular complexity index is 1140. The van der Waals surface area contributed by atoms with Gasteiger partial charge in [0.1, 0.15) is 29.5 Å². The molecule has 1 aliphatic heterocycles. The van der Waals surface area contributed by atoms with Crippen molar-refractivity contribution in [3.8, 4) is 5.75 Å². The second-order valence-electron chi connectivity index (χ2n) is 8.24. The molecule has 0 atom stereocenters. The molecule has 2 heterocycles. The Hall–Kier alpha value is -3.36. The van der Waals surface area contributed by atoms with E-state index in [0.717, 1.165) is 28.9 Å². The van der Waals surface area contributed by atoms with Crippen LogP contribution in [0.3, 0.4) is 0 Å². The SMILES string of the molecule is CN(C)CCOCCOc1ccc(CNC(=O)C2=C(O)CCn3c2nc2ccccc23)cc1. The lowest BCUT2D eigenvalue weighted by Gasteiger charge is -2.18. The quantitative estimate of drug-likeness (QED) is 0.462. The van der Waals surface area contributed by atoms with Gasteiger partial charge >= 0.3 is 0 Å². The van der Waals surface area contributed by atoms with Crippen LogP contribution in [0.25, 0.3) is 16.6 Å². The van der Waals surface area contributed by atoms with E-state index in [-0.39, 0.29) is 17.2 Å². The van der Waals surface area contributed by atoms with Gasteiger partial charge in [0.15, 0.2) is 0 Å². The normalized spacial score (nSPS) is 13.4. The lowest BCUT2D eigenvalue weighted by molar-refractivity contribution is -0.116. The number of aryl methyl sites for hydroxylation is 1. The lowest BCUT2D eigenvalue weighted by atomic mass is 10.1. The van der Waals surface area contributed by atoms with Crippen molar-refractivity contribution in [2.45, 2.75) is 19.5 Å². The molecule has 0 saturated heterocycles. The number of rotatable bonds is 10. The number of nitrogens with one attached hydrogen (secondary N) is 1. The minimum atomic E-state index is -0.334. The van der Waals surface area contributed by atoms with Gasteiger partial charge in [0.2, 0.25) is 0 Å². The number of nitrogens with zero attached hydrogens (tertiary/aromatic N) is 3. The summed E-state index contributed by atoms with van der Waals surface area (Å²) in [6, 6.07) is 15.3. The monoisotopic (exact) mass is 450 g/mol. The molecule has 0 aliphatic carbocycles. The predicted octanol–water partition coefficient (Wildman–Crippen LogP) is 2.98. The Morgan fingerprint density at radius 2 is 1.91 bits per heavy atom. The zero-order valence-corrected chi connectivity index (χ0v) is 19.1. The van der Waals surface area contributed by atoms with Crippen LogP contribution in [-0.4, -0.2) is 65.9 Å². The fourth-order valence-electron chi connectivity index (χ4n) is 3.74. The first kappa shape index (κ1) is 22.8. The first-order valence-corrected chi connectivity index (χ1v) is 11.1. The zero-order valence-electron chi connectivity index (χ0n) is 19.1. The van der Waals surface area contributed by atoms with Crippen molar-refractivity contribution in [2.24, 2.45) is 0 Å². The molecular weight excluding hydrogens is 420 g/mol. The van der Waals surface area contributed by atoms with Crippen LogP contribution in [0.2, 0.25) is 0 Å². The van der Waals surface area contributed by atoms with Crippen molar-refractivity contribution in [3.05, 3.63) is 65.7 Å². The van der Waals surface area contributed by atoms with Gasteiger partial charge in [-0.3, -0.25) is 4.79 Å². The van der Waals surface area contributed by atoms with Crippen LogP contribution >= 0.6 is 0 Å². The van der Waals surface area contributed by atoms with Crippen molar-refractivity contribution in [3.63, 3.8) is 0 Å². The van der Waals surface area contributed by atoms with Crippen molar-refractivity contribution in [2.75, 3.05) is 40.5 Å². The first-order valence-electron chi connectivity index (χ1n) is 11.1. The minimum absolute atomic E-state index is 0.0758. The average molecular weight is 451 g/mol. The number of likely N-dealkylation sites (N-methyl/N-ethyl adjacent to an activating group) is 1. The second kappa shape index (κ2) is 10.5. The van der Waals surface area contributed by atoms with Gasteiger partial charge in [-0.05, 0) is 43.9 Å². The van der Waals surface area contributed by atoms with Gasteiger partial charge in [0, 0.05) is 26.1 Å². The summed E-state index contributed by atoms with van der Waals surface area (Å²) in [4.78, 5) is 19.6. The lowest BCUT2D eigenvalue weighted by Crippen LogP contribution is -2.28. The number of aliphatic hydroxyl groups excluding tert-OH is 1. The number of hydrogen-bond acceptors (Lipinski definition) is 6. The number of allylic oxidation sites excluding steroid dienone is 1. The van der Waals surface area contributed by atoms with E-state index in [4.69, 9.17) is 9.47 Å². The zero-order chi connectivity index (χ0) is 23.2. The van der Waals surface area contributed by atoms with Crippen LogP contribution in [0.5, 0.6) is 5.75 Å². The molecule has 33 heavy (non-hydrogen) atoms. The van der Waals surface area contributed by atoms with Gasteiger partial charge in [-0.15, -0.1) is 0 Å². The molecule has 1 aromatic heterocycles. The van der Waals surface area contributed by atoms with Gasteiger partial charge in [-0.2, -0.15) is 0 Å². The third-order valence-electron chi connectivity index (χ3n) is 5.52. The van der Waals surface area contributed by atoms with Gasteiger partial charge < -0.3 is 29.4 Å². The molecule has 1 amide bonds. The summed E-state index contributed by atoms with van der Waals surface area (Å²) >= 11 is 0. The molecule has 1 aliphatic rings. The minimum Gasteiger partial charge on any atom is -0.511 e. The van der Waals surface area contributed by atoms with Crippen molar-refractivity contribution < 1.29 is 19.4 Å². The summed E-state index contributed by atoms with van der Waals surface area (Å²) in [5, 5.41) is 13.3. The van der Waals surface area contributed by atoms with E-state index in [1.807, 2.05) is 67.2 Å². The third-order valence-corrected chi connectivity index (χ3v) is 5.52. The third kappa shape index (κ3) is 5.53. The standard InChI is InChI=1S/C25H30N4O4/c1-28(2)13-14-32-15-16-33-19-9-7-18(8-10-19)17-26-25(31)23-22(30)11-12-29-21-6-4-3-5-20(21)27-24(23)29/h3-10,30H,11-17H2,1-2H3,(H,26,31). The fourth-order valence-corrected chi connectivity index (χ4v) is 3.74. The van der Waals surface area contributed by atoms with Gasteiger partial charge in [-0.25, -0.2) is 4.98 Å². The number of benzene rings is 2. The van der Waals surface area contributed by atoms with E-state index >= 15 is 0 Å². The van der Waals surface area contributed by atoms with Crippen LogP contribution in [-0.2, 0) is 22.6 Å². The maximum atomic E-state index is 12.9. The molecule has 3 aromatic rings. The highest BCUT2D eigenvalue weighted by atomic mass is 16.5. The number of hydrogen-bond donors (Lipinski definition) is 2. The number of para-hydroxylation sites is 2. The summed E-state index contributed by atoms with van der Waals surface area (Å²) in [6.07, 6.45) is 0.404. The summed E-state index contributed by atoms with van der Waals surface area (Å²) in [5.74, 6) is 1.00. The average Bonchev–Trinajstić information content (AvgIpc) is 3.18. The van der Waals surface area contributed by atoms with E-state index in [2.05, 4.69) is 15.2 Å². The first-order chi connectivity index (χ1) is 16.0. The molecule has 0 radical (unpaired) electrons. The second-order valence-corrected chi connectivity index (χ2v) is 8.24. The molecule has 4 rings (SSSR count). The van der Waals surface area contributed by atoms with E-state index < -0.39 is 0 Å². The van der Waals surface area contributed by atoms with Crippen LogP contribution in [0, 0.1) is 0 Å². The number of aliphatic hydroxyl groups is 1. The molecule has 8 heteroatoms. The van der Waals surface area contributed by atoms with Crippen molar-refractivity contribution in [1.29, 1.82) is 0 Å². The van der Waals surface area contributed by atoms with Crippen LogP contribution in [0.4, 0.5) is 0 Å². The number of fused-ring (bicyclic) bond motifs is 3. The number of amides is 1. The fraction of sp³-hybridized carbons (Fsp3) is 0.360. The molecule has 2 aromatic carbocycles. The summed E-state index contributed by atoms with van der Waals surface area (Å²) in [5.41, 5.74) is 2.95. The molecule has 0 spiro atoms. The maximum Gasteiger partial charge on any atom is 0.258 e. The predicted molar refractivity (Wildman–Crippen MR) is 127 cm³/mol. The molecule has 0 fully saturated rings. The number of imidazole rings is 1. The Kier molecular flexibility index (Phi) is 7.26. The number of carbonyl (C=O) groups is 1. The van der Waals surface area contributed by atoms with Crippen LogP contribution < -0.4 is 10.1 Å². The Balaban J connectivity index is 1.31. The number of carbonyl (C=O) groups excluding carboxylic acids is 1. The van der Waals surface area contributed by atoms with E-state index in [1.54, 1.807) is 0 Å². The Morgan fingerprint density at radius 3 is 2.70 bits per heavy atom. The van der Waals surface area contributed by atoms with Gasteiger partial charge in [0.25, 0.3) is 5.91 Å². The highest BCUT2D eigenvalue weighted by Gasteiger charge is 2.27. The van der Waals surface area contributed by atoms with Gasteiger partial charge in [0.05, 0.1) is 24.2 Å². The highest BCUT2D eigenvalue weighted by Crippen LogP contribution is 2.29. The van der Waals surface area contributed by atoms with Crippen LogP contribution in [0.1, 0.15) is 17.8 Å². The molecule has 174 valence electrons. The molecule has 8 nitrogen and oxygen atoms in total. The molecular formula is C25H30N4O4. The topological polar surface area (TPSA) is 88.9 Å². The molecule has 0 unspecified atom stereocenters. The van der Waals surface area contributed by atoms with Crippen molar-refractivity contribution in [1.82, 2.24) is 19.8 Å². The van der Waals surface area contributed by atoms with Crippen LogP contribution in [0.15, 0.2) is 54.3 Å². The summed E-state index contributed by atoms with van der Waals surface area (Å²) < 4.78 is 13.2. The maximum absolute atomic E-state index is 12.9.